The van der Waals surface area contributed by atoms with Crippen LogP contribution < -0.4 is 10.5 Å². The Bertz CT molecular complexity index is 509. The Morgan fingerprint density at radius 3 is 2.44 bits per heavy atom. The molecule has 18 heavy (non-hydrogen) atoms. The lowest BCUT2D eigenvalue weighted by Crippen LogP contribution is -2.48. The number of sulfonamides is 1. The molecule has 0 aliphatic heterocycles. The van der Waals surface area contributed by atoms with Crippen molar-refractivity contribution in [3.05, 3.63) is 29.3 Å². The van der Waals surface area contributed by atoms with Gasteiger partial charge < -0.3 is 5.73 Å². The second-order valence-corrected chi connectivity index (χ2v) is 7.38. The fourth-order valence-corrected chi connectivity index (χ4v) is 3.22. The lowest BCUT2D eigenvalue weighted by Gasteiger charge is -2.30. The van der Waals surface area contributed by atoms with Crippen molar-refractivity contribution in [2.75, 3.05) is 6.54 Å². The largest absolute Gasteiger partial charge is 0.329 e. The van der Waals surface area contributed by atoms with Crippen molar-refractivity contribution in [1.29, 1.82) is 0 Å². The Morgan fingerprint density at radius 1 is 1.39 bits per heavy atom. The molecule has 0 amide bonds. The number of halogens is 1. The molecule has 1 aromatic carbocycles. The molecule has 0 radical (unpaired) electrons. The second kappa shape index (κ2) is 5.57. The van der Waals surface area contributed by atoms with Crippen molar-refractivity contribution in [2.45, 2.75) is 31.7 Å². The van der Waals surface area contributed by atoms with Gasteiger partial charge in [-0.15, -0.1) is 0 Å². The van der Waals surface area contributed by atoms with Gasteiger partial charge in [0.25, 0.3) is 0 Å². The minimum Gasteiger partial charge on any atom is -0.329 e. The molecule has 6 heteroatoms. The third-order valence-electron chi connectivity index (χ3n) is 2.68. The summed E-state index contributed by atoms with van der Waals surface area (Å²) >= 11 is 5.79. The number of nitrogens with one attached hydrogen (secondary N) is 1. The van der Waals surface area contributed by atoms with E-state index in [9.17, 15) is 8.42 Å². The van der Waals surface area contributed by atoms with Crippen LogP contribution in [0.2, 0.25) is 5.02 Å². The molecule has 3 N–H and O–H groups in total. The van der Waals surface area contributed by atoms with Crippen molar-refractivity contribution in [1.82, 2.24) is 4.72 Å². The number of benzene rings is 1. The number of hydrogen-bond acceptors (Lipinski definition) is 3. The van der Waals surface area contributed by atoms with Gasteiger partial charge in [-0.2, -0.15) is 0 Å². The second-order valence-electron chi connectivity index (χ2n) is 5.23. The van der Waals surface area contributed by atoms with Crippen molar-refractivity contribution in [3.63, 3.8) is 0 Å². The van der Waals surface area contributed by atoms with Crippen LogP contribution in [0.1, 0.15) is 20.8 Å². The molecule has 102 valence electrons. The van der Waals surface area contributed by atoms with Gasteiger partial charge in [0.2, 0.25) is 10.0 Å². The molecule has 0 spiro atoms. The fraction of sp³-hybridized carbons (Fsp3) is 0.500. The average Bonchev–Trinajstić information content (AvgIpc) is 2.24. The SMILES string of the molecule is CC(C)(C)C(CN)NS(=O)(=O)c1cccc(Cl)c1. The maximum absolute atomic E-state index is 12.2. The zero-order valence-electron chi connectivity index (χ0n) is 10.8. The first-order valence-corrected chi connectivity index (χ1v) is 7.51. The first kappa shape index (κ1) is 15.4. The van der Waals surface area contributed by atoms with Gasteiger partial charge in [-0.3, -0.25) is 0 Å². The molecule has 0 bridgehead atoms. The highest BCUT2D eigenvalue weighted by Crippen LogP contribution is 2.21. The first-order chi connectivity index (χ1) is 8.16. The van der Waals surface area contributed by atoms with Crippen LogP contribution in [0.25, 0.3) is 0 Å². The molecule has 1 atom stereocenters. The predicted molar refractivity (Wildman–Crippen MR) is 74.1 cm³/mol. The zero-order chi connectivity index (χ0) is 14.0. The van der Waals surface area contributed by atoms with Crippen LogP contribution in [0.5, 0.6) is 0 Å². The molecule has 0 saturated carbocycles. The van der Waals surface area contributed by atoms with Crippen molar-refractivity contribution in [2.24, 2.45) is 11.1 Å². The Hall–Kier alpha value is -0.620. The lowest BCUT2D eigenvalue weighted by atomic mass is 9.88. The third-order valence-corrected chi connectivity index (χ3v) is 4.39. The van der Waals surface area contributed by atoms with Gasteiger partial charge >= 0.3 is 0 Å². The van der Waals surface area contributed by atoms with Gasteiger partial charge in [-0.25, -0.2) is 13.1 Å². The average molecular weight is 291 g/mol. The standard InChI is InChI=1S/C12H19ClN2O2S/c1-12(2,3)11(8-14)15-18(16,17)10-6-4-5-9(13)7-10/h4-7,11,15H,8,14H2,1-3H3. The summed E-state index contributed by atoms with van der Waals surface area (Å²) < 4.78 is 27.0. The Labute approximate surface area is 114 Å². The molecule has 1 rings (SSSR count). The van der Waals surface area contributed by atoms with E-state index in [2.05, 4.69) is 4.72 Å². The molecule has 0 aliphatic carbocycles. The van der Waals surface area contributed by atoms with E-state index in [1.165, 1.54) is 12.1 Å². The van der Waals surface area contributed by atoms with Gasteiger partial charge in [0.15, 0.2) is 0 Å². The summed E-state index contributed by atoms with van der Waals surface area (Å²) in [6.07, 6.45) is 0. The summed E-state index contributed by atoms with van der Waals surface area (Å²) in [6, 6.07) is 5.82. The van der Waals surface area contributed by atoms with Crippen molar-refractivity contribution in [3.8, 4) is 0 Å². The summed E-state index contributed by atoms with van der Waals surface area (Å²) in [4.78, 5) is 0.151. The van der Waals surface area contributed by atoms with Crippen LogP contribution in [-0.2, 0) is 10.0 Å². The van der Waals surface area contributed by atoms with E-state index >= 15 is 0 Å². The van der Waals surface area contributed by atoms with Gasteiger partial charge in [0, 0.05) is 17.6 Å². The topological polar surface area (TPSA) is 72.2 Å². The van der Waals surface area contributed by atoms with Gasteiger partial charge in [0.05, 0.1) is 4.90 Å². The lowest BCUT2D eigenvalue weighted by molar-refractivity contribution is 0.304. The van der Waals surface area contributed by atoms with Crippen LogP contribution in [0.3, 0.4) is 0 Å². The molecule has 0 aromatic heterocycles. The number of nitrogens with two attached hydrogens (primary N) is 1. The summed E-state index contributed by atoms with van der Waals surface area (Å²) in [5.41, 5.74) is 5.37. The number of hydrogen-bond donors (Lipinski definition) is 2. The van der Waals surface area contributed by atoms with Crippen LogP contribution >= 0.6 is 11.6 Å². The molecule has 1 aromatic rings. The smallest absolute Gasteiger partial charge is 0.240 e. The van der Waals surface area contributed by atoms with E-state index in [0.717, 1.165) is 0 Å². The van der Waals surface area contributed by atoms with Crippen molar-refractivity contribution < 1.29 is 8.42 Å². The minimum atomic E-state index is -3.59. The van der Waals surface area contributed by atoms with E-state index in [4.69, 9.17) is 17.3 Å². The number of rotatable bonds is 4. The van der Waals surface area contributed by atoms with Gasteiger partial charge in [0.1, 0.15) is 0 Å². The Morgan fingerprint density at radius 2 is 2.00 bits per heavy atom. The van der Waals surface area contributed by atoms with E-state index in [0.29, 0.717) is 5.02 Å². The van der Waals surface area contributed by atoms with Crippen molar-refractivity contribution >= 4 is 21.6 Å². The molecule has 4 nitrogen and oxygen atoms in total. The molecule has 0 aliphatic rings. The summed E-state index contributed by atoms with van der Waals surface area (Å²) in [7, 11) is -3.59. The highest BCUT2D eigenvalue weighted by atomic mass is 35.5. The molecule has 1 unspecified atom stereocenters. The highest BCUT2D eigenvalue weighted by molar-refractivity contribution is 7.89. The first-order valence-electron chi connectivity index (χ1n) is 5.65. The fourth-order valence-electron chi connectivity index (χ4n) is 1.47. The molecular formula is C12H19ClN2O2S. The van der Waals surface area contributed by atoms with Gasteiger partial charge in [-0.05, 0) is 23.6 Å². The summed E-state index contributed by atoms with van der Waals surface area (Å²) in [5, 5.41) is 0.387. The van der Waals surface area contributed by atoms with Crippen LogP contribution in [0.4, 0.5) is 0 Å². The Balaban J connectivity index is 3.02. The maximum Gasteiger partial charge on any atom is 0.240 e. The van der Waals surface area contributed by atoms with Crippen LogP contribution in [-0.4, -0.2) is 21.0 Å². The maximum atomic E-state index is 12.2. The van der Waals surface area contributed by atoms with E-state index in [1.54, 1.807) is 12.1 Å². The highest BCUT2D eigenvalue weighted by Gasteiger charge is 2.28. The third kappa shape index (κ3) is 3.95. The normalized spacial score (nSPS) is 14.5. The minimum absolute atomic E-state index is 0.151. The van der Waals surface area contributed by atoms with E-state index < -0.39 is 10.0 Å². The Kier molecular flexibility index (Phi) is 4.78. The van der Waals surface area contributed by atoms with Crippen LogP contribution in [0.15, 0.2) is 29.2 Å². The predicted octanol–water partition coefficient (Wildman–Crippen LogP) is 1.99. The summed E-state index contributed by atoms with van der Waals surface area (Å²) in [5.74, 6) is 0. The monoisotopic (exact) mass is 290 g/mol. The quantitative estimate of drug-likeness (QED) is 0.891. The zero-order valence-corrected chi connectivity index (χ0v) is 12.3. The van der Waals surface area contributed by atoms with E-state index in [-0.39, 0.29) is 22.9 Å². The molecular weight excluding hydrogens is 272 g/mol. The van der Waals surface area contributed by atoms with Crippen LogP contribution in [0, 0.1) is 5.41 Å². The van der Waals surface area contributed by atoms with Gasteiger partial charge in [-0.1, -0.05) is 38.4 Å². The summed E-state index contributed by atoms with van der Waals surface area (Å²) in [6.45, 7) is 6.05. The molecule has 0 heterocycles. The molecule has 0 saturated heterocycles. The van der Waals surface area contributed by atoms with E-state index in [1.807, 2.05) is 20.8 Å². The molecule has 0 fully saturated rings.